The molecule has 1 fully saturated rings. The molecule has 1 aliphatic carbocycles. The first-order valence-corrected chi connectivity index (χ1v) is 7.86. The molecular formula is C18H18F3NO2. The maximum atomic E-state index is 13.6. The van der Waals surface area contributed by atoms with Crippen LogP contribution in [0.4, 0.5) is 13.2 Å². The average molecular weight is 337 g/mol. The third kappa shape index (κ3) is 2.85. The number of rotatable bonds is 3. The number of aryl methyl sites for hydroxylation is 1. The summed E-state index contributed by atoms with van der Waals surface area (Å²) in [6.07, 6.45) is -2.78. The highest BCUT2D eigenvalue weighted by atomic mass is 19.4. The Labute approximate surface area is 137 Å². The van der Waals surface area contributed by atoms with Crippen molar-refractivity contribution in [2.24, 2.45) is 0 Å². The minimum atomic E-state index is -4.54. The molecule has 0 N–H and O–H groups in total. The van der Waals surface area contributed by atoms with Crippen molar-refractivity contribution in [3.63, 3.8) is 0 Å². The molecule has 0 unspecified atom stereocenters. The monoisotopic (exact) mass is 337 g/mol. The summed E-state index contributed by atoms with van der Waals surface area (Å²) in [6.45, 7) is 5.42. The summed E-state index contributed by atoms with van der Waals surface area (Å²) in [7, 11) is 0. The smallest absolute Gasteiger partial charge is 0.418 e. The van der Waals surface area contributed by atoms with E-state index >= 15 is 0 Å². The van der Waals surface area contributed by atoms with Gasteiger partial charge in [0, 0.05) is 5.39 Å². The molecule has 2 aromatic rings. The molecule has 1 saturated carbocycles. The van der Waals surface area contributed by atoms with E-state index in [0.29, 0.717) is 16.5 Å². The van der Waals surface area contributed by atoms with Gasteiger partial charge in [0.25, 0.3) is 0 Å². The highest BCUT2D eigenvalue weighted by Gasteiger charge is 2.42. The number of nitrogens with zero attached hydrogens (tertiary/aromatic N) is 1. The minimum absolute atomic E-state index is 0.0993. The Balaban J connectivity index is 2.28. The van der Waals surface area contributed by atoms with Crippen LogP contribution in [-0.2, 0) is 16.3 Å². The predicted molar refractivity (Wildman–Crippen MR) is 84.0 cm³/mol. The fraction of sp³-hybridized carbons (Fsp3) is 0.444. The van der Waals surface area contributed by atoms with Crippen molar-refractivity contribution in [2.45, 2.75) is 45.2 Å². The minimum Gasteiger partial charge on any atom is -0.461 e. The normalized spacial score (nSPS) is 16.2. The van der Waals surface area contributed by atoms with Gasteiger partial charge in [-0.3, -0.25) is 0 Å². The van der Waals surface area contributed by atoms with E-state index in [2.05, 4.69) is 4.98 Å². The van der Waals surface area contributed by atoms with E-state index < -0.39 is 17.7 Å². The van der Waals surface area contributed by atoms with Gasteiger partial charge in [0.15, 0.2) is 0 Å². The highest BCUT2D eigenvalue weighted by Crippen LogP contribution is 2.50. The number of hydrogen-bond acceptors (Lipinski definition) is 3. The number of hydrogen-bond donors (Lipinski definition) is 0. The number of ether oxygens (including phenoxy) is 1. The van der Waals surface area contributed by atoms with E-state index in [1.165, 1.54) is 12.1 Å². The molecule has 0 spiro atoms. The first-order valence-electron chi connectivity index (χ1n) is 7.86. The second kappa shape index (κ2) is 5.46. The predicted octanol–water partition coefficient (Wildman–Crippen LogP) is 4.79. The van der Waals surface area contributed by atoms with Crippen molar-refractivity contribution < 1.29 is 22.7 Å². The van der Waals surface area contributed by atoms with E-state index in [1.807, 2.05) is 6.92 Å². The largest absolute Gasteiger partial charge is 0.461 e. The van der Waals surface area contributed by atoms with Crippen LogP contribution < -0.4 is 0 Å². The van der Waals surface area contributed by atoms with Crippen LogP contribution in [0, 0.1) is 6.92 Å². The van der Waals surface area contributed by atoms with Crippen LogP contribution in [0.15, 0.2) is 18.2 Å². The van der Waals surface area contributed by atoms with Crippen LogP contribution in [0.3, 0.4) is 0 Å². The van der Waals surface area contributed by atoms with Crippen LogP contribution in [0.5, 0.6) is 0 Å². The number of aromatic nitrogens is 1. The third-order valence-corrected chi connectivity index (χ3v) is 4.61. The molecule has 0 amide bonds. The molecule has 0 atom stereocenters. The second-order valence-electron chi connectivity index (χ2n) is 6.52. The lowest BCUT2D eigenvalue weighted by molar-refractivity contribution is -0.136. The fourth-order valence-corrected chi connectivity index (χ4v) is 2.84. The van der Waals surface area contributed by atoms with Crippen LogP contribution in [0.25, 0.3) is 10.9 Å². The van der Waals surface area contributed by atoms with Crippen LogP contribution in [0.1, 0.15) is 53.9 Å². The first-order chi connectivity index (χ1) is 11.2. The molecule has 6 heteroatoms. The first kappa shape index (κ1) is 16.7. The molecule has 1 aromatic carbocycles. The van der Waals surface area contributed by atoms with E-state index in [4.69, 9.17) is 4.74 Å². The van der Waals surface area contributed by atoms with Crippen molar-refractivity contribution in [1.82, 2.24) is 4.98 Å². The molecule has 128 valence electrons. The highest BCUT2D eigenvalue weighted by molar-refractivity contribution is 5.94. The van der Waals surface area contributed by atoms with E-state index in [1.54, 1.807) is 19.9 Å². The lowest BCUT2D eigenvalue weighted by Crippen LogP contribution is -2.13. The zero-order valence-electron chi connectivity index (χ0n) is 13.8. The Morgan fingerprint density at radius 2 is 1.96 bits per heavy atom. The van der Waals surface area contributed by atoms with Crippen LogP contribution >= 0.6 is 0 Å². The van der Waals surface area contributed by atoms with Gasteiger partial charge in [-0.25, -0.2) is 9.78 Å². The van der Waals surface area contributed by atoms with Crippen molar-refractivity contribution in [3.05, 3.63) is 40.6 Å². The second-order valence-corrected chi connectivity index (χ2v) is 6.52. The van der Waals surface area contributed by atoms with Gasteiger partial charge < -0.3 is 4.74 Å². The molecule has 3 nitrogen and oxygen atoms in total. The molecular weight excluding hydrogens is 319 g/mol. The van der Waals surface area contributed by atoms with Crippen LogP contribution in [-0.4, -0.2) is 17.6 Å². The molecule has 1 aromatic heterocycles. The Morgan fingerprint density at radius 1 is 1.29 bits per heavy atom. The standard InChI is InChI=1S/C18H18F3NO2/c1-4-24-16(23)14-7-10(2)12-8-11(17(3)5-6-17)9-13(15(12)22-14)18(19,20)21/h7-9H,4-6H2,1-3H3. The Kier molecular flexibility index (Phi) is 3.81. The van der Waals surface area contributed by atoms with Gasteiger partial charge in [-0.05, 0) is 61.4 Å². The van der Waals surface area contributed by atoms with Gasteiger partial charge in [-0.1, -0.05) is 6.92 Å². The summed E-state index contributed by atoms with van der Waals surface area (Å²) in [5, 5.41) is 0.431. The molecule has 0 saturated heterocycles. The Bertz CT molecular complexity index is 823. The Morgan fingerprint density at radius 3 is 2.50 bits per heavy atom. The number of carbonyl (C=O) groups excluding carboxylic acids is 1. The molecule has 3 rings (SSSR count). The number of pyridine rings is 1. The topological polar surface area (TPSA) is 39.2 Å². The zero-order valence-corrected chi connectivity index (χ0v) is 13.8. The fourth-order valence-electron chi connectivity index (χ4n) is 2.84. The van der Waals surface area contributed by atoms with Crippen molar-refractivity contribution in [2.75, 3.05) is 6.61 Å². The molecule has 0 bridgehead atoms. The molecule has 1 aliphatic rings. The molecule has 24 heavy (non-hydrogen) atoms. The third-order valence-electron chi connectivity index (χ3n) is 4.61. The summed E-state index contributed by atoms with van der Waals surface area (Å²) in [5.74, 6) is -0.714. The summed E-state index contributed by atoms with van der Waals surface area (Å²) >= 11 is 0. The number of benzene rings is 1. The number of halogens is 3. The summed E-state index contributed by atoms with van der Waals surface area (Å²) in [6, 6.07) is 4.44. The van der Waals surface area contributed by atoms with E-state index in [-0.39, 0.29) is 23.2 Å². The van der Waals surface area contributed by atoms with Crippen molar-refractivity contribution in [1.29, 1.82) is 0 Å². The molecule has 1 heterocycles. The maximum absolute atomic E-state index is 13.6. The number of fused-ring (bicyclic) bond motifs is 1. The van der Waals surface area contributed by atoms with Gasteiger partial charge in [-0.15, -0.1) is 0 Å². The zero-order chi connectivity index (χ0) is 17.7. The van der Waals surface area contributed by atoms with E-state index in [9.17, 15) is 18.0 Å². The number of carbonyl (C=O) groups is 1. The van der Waals surface area contributed by atoms with Crippen LogP contribution in [0.2, 0.25) is 0 Å². The van der Waals surface area contributed by atoms with Crippen molar-refractivity contribution in [3.8, 4) is 0 Å². The van der Waals surface area contributed by atoms with Gasteiger partial charge in [0.05, 0.1) is 17.7 Å². The summed E-state index contributed by atoms with van der Waals surface area (Å²) < 4.78 is 45.6. The molecule has 0 radical (unpaired) electrons. The molecule has 0 aliphatic heterocycles. The maximum Gasteiger partial charge on any atom is 0.418 e. The summed E-state index contributed by atoms with van der Waals surface area (Å²) in [4.78, 5) is 15.8. The average Bonchev–Trinajstić information content (AvgIpc) is 3.24. The summed E-state index contributed by atoms with van der Waals surface area (Å²) in [5.41, 5.74) is -0.0232. The van der Waals surface area contributed by atoms with Gasteiger partial charge in [0.2, 0.25) is 0 Å². The van der Waals surface area contributed by atoms with Gasteiger partial charge >= 0.3 is 12.1 Å². The lowest BCUT2D eigenvalue weighted by atomic mass is 9.92. The Hall–Kier alpha value is -2.11. The van der Waals surface area contributed by atoms with Crippen molar-refractivity contribution >= 4 is 16.9 Å². The SMILES string of the molecule is CCOC(=O)c1cc(C)c2cc(C3(C)CC3)cc(C(F)(F)F)c2n1. The lowest BCUT2D eigenvalue weighted by Gasteiger charge is -2.17. The number of esters is 1. The van der Waals surface area contributed by atoms with Gasteiger partial charge in [-0.2, -0.15) is 13.2 Å². The number of alkyl halides is 3. The van der Waals surface area contributed by atoms with Gasteiger partial charge in [0.1, 0.15) is 5.69 Å². The van der Waals surface area contributed by atoms with E-state index in [0.717, 1.165) is 12.8 Å². The quantitative estimate of drug-likeness (QED) is 0.756.